The van der Waals surface area contributed by atoms with Gasteiger partial charge in [-0.1, -0.05) is 80.9 Å². The number of nitrogens with zero attached hydrogens (tertiary/aromatic N) is 3. The van der Waals surface area contributed by atoms with Gasteiger partial charge in [-0.2, -0.15) is 0 Å². The number of aromatic nitrogens is 2. The lowest BCUT2D eigenvalue weighted by Gasteiger charge is -2.38. The number of hydrogen-bond donors (Lipinski definition) is 2. The average Bonchev–Trinajstić information content (AvgIpc) is 3.56. The van der Waals surface area contributed by atoms with E-state index in [1.165, 1.54) is 22.3 Å². The van der Waals surface area contributed by atoms with E-state index < -0.39 is 23.7 Å². The standard InChI is InChI=1S/C38H34ClFN4O4S/c1-38(2,3)33-15-14-32(49-33)35(45)43-31(36(46)44-20-27(21-44)37(47)48)16-22-4-6-24(7-5-22)34-41-18-26(19-42-34)29-13-10-25(17-30(29)40)23-8-11-28(39)12-9-23/h4-15,17-19,27,31H,16,20-21H2,1-3H3,(H,43,45)(H,47,48)/t31-/m0/s1. The number of likely N-dealkylation sites (tertiary alicyclic amines) is 1. The van der Waals surface area contributed by atoms with E-state index in [4.69, 9.17) is 11.6 Å². The maximum Gasteiger partial charge on any atom is 0.310 e. The third-order valence-electron chi connectivity index (χ3n) is 8.48. The minimum absolute atomic E-state index is 0.108. The van der Waals surface area contributed by atoms with Crippen molar-refractivity contribution in [3.8, 4) is 33.6 Å². The number of carbonyl (C=O) groups excluding carboxylic acids is 2. The van der Waals surface area contributed by atoms with Gasteiger partial charge in [-0.3, -0.25) is 14.4 Å². The molecule has 1 aliphatic heterocycles. The molecule has 1 aliphatic rings. The van der Waals surface area contributed by atoms with Crippen LogP contribution in [-0.4, -0.2) is 56.9 Å². The van der Waals surface area contributed by atoms with Gasteiger partial charge in [0.25, 0.3) is 5.91 Å². The molecule has 6 rings (SSSR count). The molecule has 2 aromatic heterocycles. The number of amides is 2. The largest absolute Gasteiger partial charge is 0.481 e. The molecule has 1 saturated heterocycles. The van der Waals surface area contributed by atoms with Crippen LogP contribution in [0.3, 0.4) is 0 Å². The number of hydrogen-bond acceptors (Lipinski definition) is 6. The molecule has 0 radical (unpaired) electrons. The van der Waals surface area contributed by atoms with E-state index in [-0.39, 0.29) is 36.7 Å². The fraction of sp³-hybridized carbons (Fsp3) is 0.237. The van der Waals surface area contributed by atoms with Gasteiger partial charge in [0, 0.05) is 58.5 Å². The highest BCUT2D eigenvalue weighted by atomic mass is 35.5. The molecule has 1 fully saturated rings. The van der Waals surface area contributed by atoms with Gasteiger partial charge in [0.05, 0.1) is 10.8 Å². The smallest absolute Gasteiger partial charge is 0.310 e. The summed E-state index contributed by atoms with van der Waals surface area (Å²) in [5, 5.41) is 12.8. The van der Waals surface area contributed by atoms with Crippen LogP contribution in [0.15, 0.2) is 91.3 Å². The number of carboxylic acids is 1. The first-order chi connectivity index (χ1) is 23.4. The Morgan fingerprint density at radius 1 is 0.918 bits per heavy atom. The highest BCUT2D eigenvalue weighted by Gasteiger charge is 2.39. The molecule has 2 N–H and O–H groups in total. The van der Waals surface area contributed by atoms with Crippen LogP contribution in [0, 0.1) is 11.7 Å². The fourth-order valence-corrected chi connectivity index (χ4v) is 6.63. The Morgan fingerprint density at radius 2 is 1.55 bits per heavy atom. The molecule has 0 aliphatic carbocycles. The van der Waals surface area contributed by atoms with Gasteiger partial charge in [0.1, 0.15) is 11.9 Å². The zero-order valence-electron chi connectivity index (χ0n) is 27.1. The first-order valence-electron chi connectivity index (χ1n) is 15.8. The summed E-state index contributed by atoms with van der Waals surface area (Å²) in [5.74, 6) is -2.18. The number of rotatable bonds is 9. The molecule has 11 heteroatoms. The van der Waals surface area contributed by atoms with Gasteiger partial charge in [0.15, 0.2) is 5.82 Å². The quantitative estimate of drug-likeness (QED) is 0.165. The molecule has 2 amide bonds. The summed E-state index contributed by atoms with van der Waals surface area (Å²) >= 11 is 7.36. The number of benzene rings is 3. The van der Waals surface area contributed by atoms with Crippen molar-refractivity contribution in [2.24, 2.45) is 5.92 Å². The molecule has 1 atom stereocenters. The lowest BCUT2D eigenvalue weighted by atomic mass is 9.95. The molecular weight excluding hydrogens is 663 g/mol. The van der Waals surface area contributed by atoms with E-state index in [1.807, 2.05) is 48.5 Å². The number of carbonyl (C=O) groups is 3. The summed E-state index contributed by atoms with van der Waals surface area (Å²) in [6.07, 6.45) is 3.36. The number of thiophene rings is 1. The summed E-state index contributed by atoms with van der Waals surface area (Å²) < 4.78 is 15.1. The van der Waals surface area contributed by atoms with Crippen LogP contribution in [0.25, 0.3) is 33.6 Å². The van der Waals surface area contributed by atoms with Crippen molar-refractivity contribution in [3.05, 3.63) is 117 Å². The Bertz CT molecular complexity index is 2000. The maximum absolute atomic E-state index is 15.1. The normalized spacial score (nSPS) is 13.9. The highest BCUT2D eigenvalue weighted by Crippen LogP contribution is 2.31. The summed E-state index contributed by atoms with van der Waals surface area (Å²) in [5.41, 5.74) is 3.90. The maximum atomic E-state index is 15.1. The molecule has 0 saturated carbocycles. The molecule has 0 spiro atoms. The van der Waals surface area contributed by atoms with Gasteiger partial charge < -0.3 is 15.3 Å². The molecule has 3 heterocycles. The minimum atomic E-state index is -0.944. The third kappa shape index (κ3) is 7.71. The number of carboxylic acid groups (broad SMARTS) is 1. The molecular formula is C38H34ClFN4O4S. The van der Waals surface area contributed by atoms with E-state index in [2.05, 4.69) is 36.1 Å². The van der Waals surface area contributed by atoms with E-state index in [0.29, 0.717) is 26.9 Å². The van der Waals surface area contributed by atoms with E-state index in [0.717, 1.165) is 27.1 Å². The van der Waals surface area contributed by atoms with Gasteiger partial charge in [-0.25, -0.2) is 14.4 Å². The van der Waals surface area contributed by atoms with Gasteiger partial charge in [-0.05, 0) is 52.4 Å². The van der Waals surface area contributed by atoms with Crippen LogP contribution < -0.4 is 5.32 Å². The zero-order chi connectivity index (χ0) is 34.9. The van der Waals surface area contributed by atoms with Crippen LogP contribution in [0.2, 0.25) is 5.02 Å². The van der Waals surface area contributed by atoms with Crippen LogP contribution in [0.4, 0.5) is 4.39 Å². The van der Waals surface area contributed by atoms with E-state index >= 15 is 4.39 Å². The summed E-state index contributed by atoms with van der Waals surface area (Å²) in [4.78, 5) is 50.0. The van der Waals surface area contributed by atoms with Crippen LogP contribution in [-0.2, 0) is 21.4 Å². The van der Waals surface area contributed by atoms with Crippen molar-refractivity contribution in [2.75, 3.05) is 13.1 Å². The summed E-state index contributed by atoms with van der Waals surface area (Å²) in [6.45, 7) is 6.43. The Hall–Kier alpha value is -4.93. The second-order valence-corrected chi connectivity index (χ2v) is 14.6. The second kappa shape index (κ2) is 13.9. The predicted molar refractivity (Wildman–Crippen MR) is 189 cm³/mol. The molecule has 3 aromatic carbocycles. The highest BCUT2D eigenvalue weighted by molar-refractivity contribution is 7.14. The Kier molecular flexibility index (Phi) is 9.63. The first kappa shape index (κ1) is 34.0. The zero-order valence-corrected chi connectivity index (χ0v) is 28.7. The topological polar surface area (TPSA) is 112 Å². The molecule has 0 unspecified atom stereocenters. The Labute approximate surface area is 292 Å². The SMILES string of the molecule is CC(C)(C)c1ccc(C(=O)N[C@@H](Cc2ccc(-c3ncc(-c4ccc(-c5ccc(Cl)cc5)cc4F)cn3)cc2)C(=O)N2CC(C(=O)O)C2)s1. The Morgan fingerprint density at radius 3 is 2.14 bits per heavy atom. The van der Waals surface area contributed by atoms with Crippen molar-refractivity contribution in [2.45, 2.75) is 38.6 Å². The fourth-order valence-electron chi connectivity index (χ4n) is 5.54. The average molecular weight is 697 g/mol. The van der Waals surface area contributed by atoms with E-state index in [1.54, 1.807) is 36.7 Å². The summed E-state index contributed by atoms with van der Waals surface area (Å²) in [7, 11) is 0. The lowest BCUT2D eigenvalue weighted by molar-refractivity contribution is -0.153. The lowest BCUT2D eigenvalue weighted by Crippen LogP contribution is -2.59. The van der Waals surface area contributed by atoms with Gasteiger partial charge >= 0.3 is 5.97 Å². The molecule has 250 valence electrons. The van der Waals surface area contributed by atoms with Crippen LogP contribution >= 0.6 is 22.9 Å². The third-order valence-corrected chi connectivity index (χ3v) is 10.2. The number of aliphatic carboxylic acids is 1. The molecule has 49 heavy (non-hydrogen) atoms. The van der Waals surface area contributed by atoms with Crippen molar-refractivity contribution < 1.29 is 23.9 Å². The van der Waals surface area contributed by atoms with Gasteiger partial charge in [-0.15, -0.1) is 11.3 Å². The van der Waals surface area contributed by atoms with Crippen molar-refractivity contribution in [1.29, 1.82) is 0 Å². The second-order valence-electron chi connectivity index (χ2n) is 13.1. The number of halogens is 2. The number of nitrogens with one attached hydrogen (secondary N) is 1. The monoisotopic (exact) mass is 696 g/mol. The molecule has 5 aromatic rings. The van der Waals surface area contributed by atoms with Crippen molar-refractivity contribution in [1.82, 2.24) is 20.2 Å². The first-order valence-corrected chi connectivity index (χ1v) is 16.9. The summed E-state index contributed by atoms with van der Waals surface area (Å²) in [6, 6.07) is 22.3. The van der Waals surface area contributed by atoms with Crippen molar-refractivity contribution >= 4 is 40.7 Å². The molecule has 0 bridgehead atoms. The Balaban J connectivity index is 1.16. The molecule has 8 nitrogen and oxygen atoms in total. The van der Waals surface area contributed by atoms with Gasteiger partial charge in [0.2, 0.25) is 5.91 Å². The van der Waals surface area contributed by atoms with E-state index in [9.17, 15) is 19.5 Å². The van der Waals surface area contributed by atoms with Crippen molar-refractivity contribution in [3.63, 3.8) is 0 Å². The van der Waals surface area contributed by atoms with Crippen LogP contribution in [0.5, 0.6) is 0 Å². The minimum Gasteiger partial charge on any atom is -0.481 e. The van der Waals surface area contributed by atoms with Crippen LogP contribution in [0.1, 0.15) is 40.9 Å². The predicted octanol–water partition coefficient (Wildman–Crippen LogP) is 7.51.